The van der Waals surface area contributed by atoms with E-state index in [0.29, 0.717) is 12.6 Å². The Kier molecular flexibility index (Phi) is 2.86. The molecule has 0 radical (unpaired) electrons. The maximum atomic E-state index is 9.05. The molecule has 2 N–H and O–H groups in total. The van der Waals surface area contributed by atoms with Gasteiger partial charge in [-0.3, -0.25) is 0 Å². The molecule has 0 aromatic rings. The molecule has 2 rings (SSSR count). The van der Waals surface area contributed by atoms with Gasteiger partial charge in [-0.25, -0.2) is 0 Å². The molecule has 2 fully saturated rings. The van der Waals surface area contributed by atoms with Gasteiger partial charge in [0, 0.05) is 19.3 Å². The Hall–Kier alpha value is -0.120. The highest BCUT2D eigenvalue weighted by Crippen LogP contribution is 2.48. The highest BCUT2D eigenvalue weighted by molar-refractivity contribution is 4.92. The molecule has 1 saturated heterocycles. The summed E-state index contributed by atoms with van der Waals surface area (Å²) in [5.41, 5.74) is 0.257. The molecule has 1 saturated carbocycles. The summed E-state index contributed by atoms with van der Waals surface area (Å²) in [4.78, 5) is 0. The monoisotopic (exact) mass is 185 g/mol. The van der Waals surface area contributed by atoms with Crippen molar-refractivity contribution in [3.63, 3.8) is 0 Å². The Morgan fingerprint density at radius 3 is 2.69 bits per heavy atom. The molecular weight excluding hydrogens is 166 g/mol. The van der Waals surface area contributed by atoms with E-state index in [0.717, 1.165) is 26.2 Å². The summed E-state index contributed by atoms with van der Waals surface area (Å²) < 4.78 is 5.54. The lowest BCUT2D eigenvalue weighted by molar-refractivity contribution is 0.0705. The number of rotatable bonds is 6. The first-order valence-electron chi connectivity index (χ1n) is 5.27. The molecule has 0 bridgehead atoms. The van der Waals surface area contributed by atoms with Gasteiger partial charge in [0.25, 0.3) is 0 Å². The van der Waals surface area contributed by atoms with Crippen LogP contribution in [-0.4, -0.2) is 37.5 Å². The lowest BCUT2D eigenvalue weighted by atomic mass is 10.1. The van der Waals surface area contributed by atoms with Crippen LogP contribution in [0.5, 0.6) is 0 Å². The van der Waals surface area contributed by atoms with Crippen molar-refractivity contribution < 1.29 is 9.84 Å². The minimum absolute atomic E-state index is 0.257. The van der Waals surface area contributed by atoms with Crippen molar-refractivity contribution in [1.29, 1.82) is 0 Å². The van der Waals surface area contributed by atoms with Gasteiger partial charge in [-0.05, 0) is 37.6 Å². The predicted molar refractivity (Wildman–Crippen MR) is 50.6 cm³/mol. The molecular formula is C10H19NO2. The van der Waals surface area contributed by atoms with Crippen molar-refractivity contribution >= 4 is 0 Å². The van der Waals surface area contributed by atoms with Gasteiger partial charge in [-0.1, -0.05) is 0 Å². The van der Waals surface area contributed by atoms with E-state index in [1.165, 1.54) is 19.3 Å². The quantitative estimate of drug-likeness (QED) is 0.593. The maximum Gasteiger partial charge on any atom is 0.0620 e. The normalized spacial score (nSPS) is 29.8. The van der Waals surface area contributed by atoms with Crippen molar-refractivity contribution in [3.05, 3.63) is 0 Å². The van der Waals surface area contributed by atoms with E-state index in [4.69, 9.17) is 9.84 Å². The van der Waals surface area contributed by atoms with E-state index in [1.807, 2.05) is 0 Å². The fraction of sp³-hybridized carbons (Fsp3) is 1.00. The van der Waals surface area contributed by atoms with Crippen LogP contribution in [0.25, 0.3) is 0 Å². The Bertz CT molecular complexity index is 164. The zero-order valence-corrected chi connectivity index (χ0v) is 8.09. The molecule has 0 aromatic heterocycles. The van der Waals surface area contributed by atoms with E-state index in [-0.39, 0.29) is 5.41 Å². The molecule has 1 aliphatic heterocycles. The topological polar surface area (TPSA) is 41.5 Å². The van der Waals surface area contributed by atoms with Gasteiger partial charge in [0.05, 0.1) is 6.61 Å². The van der Waals surface area contributed by atoms with Gasteiger partial charge in [0.1, 0.15) is 0 Å². The van der Waals surface area contributed by atoms with Crippen LogP contribution in [0.3, 0.4) is 0 Å². The minimum atomic E-state index is 0.257. The fourth-order valence-corrected chi connectivity index (χ4v) is 1.67. The van der Waals surface area contributed by atoms with Gasteiger partial charge in [0.2, 0.25) is 0 Å². The van der Waals surface area contributed by atoms with Crippen LogP contribution in [0, 0.1) is 5.41 Å². The van der Waals surface area contributed by atoms with Gasteiger partial charge < -0.3 is 15.2 Å². The third kappa shape index (κ3) is 2.42. The van der Waals surface area contributed by atoms with E-state index in [9.17, 15) is 0 Å². The molecule has 76 valence electrons. The van der Waals surface area contributed by atoms with Crippen LogP contribution in [-0.2, 0) is 4.74 Å². The molecule has 0 spiro atoms. The van der Waals surface area contributed by atoms with Crippen LogP contribution in [0.15, 0.2) is 0 Å². The zero-order chi connectivity index (χ0) is 9.15. The van der Waals surface area contributed by atoms with Crippen LogP contribution < -0.4 is 5.32 Å². The highest BCUT2D eigenvalue weighted by atomic mass is 16.5. The van der Waals surface area contributed by atoms with Crippen LogP contribution >= 0.6 is 0 Å². The van der Waals surface area contributed by atoms with Crippen LogP contribution in [0.4, 0.5) is 0 Å². The summed E-state index contributed by atoms with van der Waals surface area (Å²) in [6.07, 6.45) is 4.67. The number of nitrogens with one attached hydrogen (secondary N) is 1. The third-order valence-electron chi connectivity index (χ3n) is 3.31. The van der Waals surface area contributed by atoms with Crippen molar-refractivity contribution in [2.24, 2.45) is 5.41 Å². The van der Waals surface area contributed by atoms with E-state index in [1.54, 1.807) is 0 Å². The van der Waals surface area contributed by atoms with Crippen molar-refractivity contribution in [3.8, 4) is 0 Å². The molecule has 0 aromatic carbocycles. The number of hydrogen-bond donors (Lipinski definition) is 2. The summed E-state index contributed by atoms with van der Waals surface area (Å²) >= 11 is 0. The van der Waals surface area contributed by atoms with Crippen LogP contribution in [0.1, 0.15) is 25.7 Å². The first-order chi connectivity index (χ1) is 6.35. The average Bonchev–Trinajstić information content (AvgIpc) is 2.82. The molecule has 1 heterocycles. The van der Waals surface area contributed by atoms with Crippen LogP contribution in [0.2, 0.25) is 0 Å². The second-order valence-corrected chi connectivity index (χ2v) is 4.42. The largest absolute Gasteiger partial charge is 0.396 e. The zero-order valence-electron chi connectivity index (χ0n) is 8.09. The summed E-state index contributed by atoms with van der Waals surface area (Å²) in [7, 11) is 0. The Balaban J connectivity index is 1.49. The smallest absolute Gasteiger partial charge is 0.0620 e. The lowest BCUT2D eigenvalue weighted by Gasteiger charge is -2.27. The third-order valence-corrected chi connectivity index (χ3v) is 3.31. The summed E-state index contributed by atoms with van der Waals surface area (Å²) in [6.45, 7) is 3.16. The minimum Gasteiger partial charge on any atom is -0.396 e. The summed E-state index contributed by atoms with van der Waals surface area (Å²) in [5, 5.41) is 12.4. The van der Waals surface area contributed by atoms with E-state index in [2.05, 4.69) is 5.32 Å². The number of aliphatic hydroxyl groups excluding tert-OH is 1. The second-order valence-electron chi connectivity index (χ2n) is 4.42. The molecule has 1 atom stereocenters. The molecule has 13 heavy (non-hydrogen) atoms. The molecule has 0 amide bonds. The van der Waals surface area contributed by atoms with Gasteiger partial charge >= 0.3 is 0 Å². The first-order valence-corrected chi connectivity index (χ1v) is 5.27. The molecule has 1 unspecified atom stereocenters. The predicted octanol–water partition coefficient (Wildman–Crippen LogP) is 0.527. The maximum absolute atomic E-state index is 9.05. The highest BCUT2D eigenvalue weighted by Gasteiger charge is 2.41. The average molecular weight is 185 g/mol. The molecule has 2 aliphatic rings. The molecule has 1 aliphatic carbocycles. The number of hydrogen-bond acceptors (Lipinski definition) is 3. The van der Waals surface area contributed by atoms with Crippen molar-refractivity contribution in [2.75, 3.05) is 26.4 Å². The van der Waals surface area contributed by atoms with E-state index >= 15 is 0 Å². The Labute approximate surface area is 79.5 Å². The Morgan fingerprint density at radius 1 is 1.46 bits per heavy atom. The van der Waals surface area contributed by atoms with Crippen molar-refractivity contribution in [1.82, 2.24) is 5.32 Å². The second kappa shape index (κ2) is 3.95. The van der Waals surface area contributed by atoms with Gasteiger partial charge in [-0.15, -0.1) is 0 Å². The fourth-order valence-electron chi connectivity index (χ4n) is 1.67. The number of aliphatic hydroxyl groups is 1. The summed E-state index contributed by atoms with van der Waals surface area (Å²) in [6, 6.07) is 0.601. The molecule has 3 heteroatoms. The number of ether oxygens (including phenoxy) is 1. The Morgan fingerprint density at radius 2 is 2.23 bits per heavy atom. The van der Waals surface area contributed by atoms with Gasteiger partial charge in [0.15, 0.2) is 0 Å². The standard InChI is InChI=1S/C10H19NO2/c12-8-10(2-3-10)4-6-13-7-9-1-5-11-9/h9,11-12H,1-8H2. The van der Waals surface area contributed by atoms with Gasteiger partial charge in [-0.2, -0.15) is 0 Å². The van der Waals surface area contributed by atoms with Crippen molar-refractivity contribution in [2.45, 2.75) is 31.7 Å². The summed E-state index contributed by atoms with van der Waals surface area (Å²) in [5.74, 6) is 0. The SMILES string of the molecule is OCC1(CCOCC2CCN2)CC1. The molecule has 3 nitrogen and oxygen atoms in total. The van der Waals surface area contributed by atoms with E-state index < -0.39 is 0 Å². The lowest BCUT2D eigenvalue weighted by Crippen LogP contribution is -2.46. The first kappa shape index (κ1) is 9.44.